The maximum absolute atomic E-state index is 13.8. The zero-order valence-electron chi connectivity index (χ0n) is 39.6. The summed E-state index contributed by atoms with van der Waals surface area (Å²) in [6.45, 7) is 1.11. The monoisotopic (exact) mass is 1010 g/mol. The molecule has 0 unspecified atom stereocenters. The summed E-state index contributed by atoms with van der Waals surface area (Å²) in [5.41, 5.74) is 0.641. The van der Waals surface area contributed by atoms with Gasteiger partial charge in [0.15, 0.2) is 0 Å². The summed E-state index contributed by atoms with van der Waals surface area (Å²) in [5, 5.41) is 10.2. The maximum Gasteiger partial charge on any atom is 0.306 e. The van der Waals surface area contributed by atoms with Crippen LogP contribution in [0, 0.1) is 5.41 Å². The minimum Gasteiger partial charge on any atom is -0.465 e. The van der Waals surface area contributed by atoms with Crippen molar-refractivity contribution in [1.82, 2.24) is 0 Å². The zero-order chi connectivity index (χ0) is 50.0. The third-order valence-corrected chi connectivity index (χ3v) is 15.5. The van der Waals surface area contributed by atoms with Gasteiger partial charge in [-0.05, 0) is 89.3 Å². The Hall–Kier alpha value is -6.99. The number of carbonyl (C=O) groups is 6. The second-order valence-electron chi connectivity index (χ2n) is 17.6. The van der Waals surface area contributed by atoms with Crippen LogP contribution in [0.15, 0.2) is 164 Å². The van der Waals surface area contributed by atoms with Gasteiger partial charge in [0.05, 0.1) is 24.7 Å². The lowest BCUT2D eigenvalue weighted by Gasteiger charge is -2.31. The molecule has 0 atom stereocenters. The summed E-state index contributed by atoms with van der Waals surface area (Å²) in [7, 11) is 0. The van der Waals surface area contributed by atoms with Gasteiger partial charge in [-0.25, -0.2) is 0 Å². The lowest BCUT2D eigenvalue weighted by atomic mass is 9.88. The molecule has 72 heavy (non-hydrogen) atoms. The van der Waals surface area contributed by atoms with Crippen molar-refractivity contribution in [2.75, 3.05) is 37.1 Å². The van der Waals surface area contributed by atoms with E-state index in [-0.39, 0.29) is 71.7 Å². The van der Waals surface area contributed by atoms with Crippen LogP contribution in [0.3, 0.4) is 0 Å². The van der Waals surface area contributed by atoms with Crippen LogP contribution < -0.4 is 0 Å². The molecule has 0 heterocycles. The van der Waals surface area contributed by atoms with E-state index in [0.717, 1.165) is 99.9 Å². The Morgan fingerprint density at radius 2 is 0.583 bits per heavy atom. The Bertz CT molecular complexity index is 3020. The van der Waals surface area contributed by atoms with E-state index in [2.05, 4.69) is 18.2 Å². The first-order valence-corrected chi connectivity index (χ1v) is 26.8. The van der Waals surface area contributed by atoms with Gasteiger partial charge in [-0.2, -0.15) is 0 Å². The summed E-state index contributed by atoms with van der Waals surface area (Å²) < 4.78 is 17.4. The molecule has 9 aromatic carbocycles. The molecule has 9 nitrogen and oxygen atoms in total. The molecule has 0 amide bonds. The molecule has 362 valence electrons. The number of esters is 3. The van der Waals surface area contributed by atoms with Gasteiger partial charge in [-0.3, -0.25) is 28.8 Å². The average Bonchev–Trinajstić information content (AvgIpc) is 3.40. The van der Waals surface area contributed by atoms with Crippen molar-refractivity contribution < 1.29 is 43.0 Å². The summed E-state index contributed by atoms with van der Waals surface area (Å²) in [4.78, 5) is 81.4. The summed E-state index contributed by atoms with van der Waals surface area (Å²) in [6, 6.07) is 52.5. The standard InChI is InChI=1S/C60H50O9S3/c1-2-60(36-67-51(61)27-30-70-57(64)54-45-21-9-3-15-39(45)33-40-16-4-10-22-46(40)54,37-68-52(62)28-31-71-58(65)55-47-23-11-5-17-41(47)34-42-18-6-12-24-48(42)55)38-69-53(63)29-32-72-59(66)56-49-25-13-7-19-43(49)35-44-20-8-14-26-50(44)56/h3-26,33-35H,2,27-32,36-38H2,1H3. The molecule has 0 N–H and O–H groups in total. The minimum absolute atomic E-state index is 0.0764. The van der Waals surface area contributed by atoms with Gasteiger partial charge < -0.3 is 14.2 Å². The van der Waals surface area contributed by atoms with Crippen LogP contribution >= 0.6 is 35.3 Å². The smallest absolute Gasteiger partial charge is 0.306 e. The SMILES string of the molecule is CCC(COC(=O)CCSC(=O)c1c2ccccc2cc2ccccc12)(COC(=O)CCSC(=O)c1c2ccccc2cc2ccccc12)COC(=O)CCSC(=O)c1c2ccccc2cc2ccccc12. The molecule has 0 aliphatic heterocycles. The average molecular weight is 1010 g/mol. The molecular weight excluding hydrogens is 961 g/mol. The fraction of sp³-hybridized carbons (Fsp3) is 0.200. The number of benzene rings is 9. The molecule has 12 heteroatoms. The fourth-order valence-electron chi connectivity index (χ4n) is 8.95. The molecule has 0 saturated heterocycles. The molecule has 0 radical (unpaired) electrons. The normalized spacial score (nSPS) is 11.6. The number of rotatable bonds is 19. The van der Waals surface area contributed by atoms with E-state index >= 15 is 0 Å². The topological polar surface area (TPSA) is 130 Å². The molecular formula is C60H50O9S3. The van der Waals surface area contributed by atoms with Gasteiger partial charge in [0.25, 0.3) is 0 Å². The Morgan fingerprint density at radius 3 is 0.806 bits per heavy atom. The number of hydrogen-bond donors (Lipinski definition) is 0. The number of ether oxygens (including phenoxy) is 3. The van der Waals surface area contributed by atoms with E-state index < -0.39 is 23.3 Å². The highest BCUT2D eigenvalue weighted by molar-refractivity contribution is 8.14. The second-order valence-corrected chi connectivity index (χ2v) is 20.8. The molecule has 0 spiro atoms. The Kier molecular flexibility index (Phi) is 16.0. The summed E-state index contributed by atoms with van der Waals surface area (Å²) in [5.74, 6) is -1.22. The van der Waals surface area contributed by atoms with Crippen LogP contribution in [0.5, 0.6) is 0 Å². The first kappa shape index (κ1) is 50.0. The van der Waals surface area contributed by atoms with Gasteiger partial charge >= 0.3 is 17.9 Å². The number of hydrogen-bond acceptors (Lipinski definition) is 12. The lowest BCUT2D eigenvalue weighted by Crippen LogP contribution is -2.39. The largest absolute Gasteiger partial charge is 0.465 e. The third-order valence-electron chi connectivity index (χ3n) is 12.9. The predicted octanol–water partition coefficient (Wildman–Crippen LogP) is 13.8. The van der Waals surface area contributed by atoms with Crippen molar-refractivity contribution in [1.29, 1.82) is 0 Å². The van der Waals surface area contributed by atoms with E-state index in [1.165, 1.54) is 0 Å². The van der Waals surface area contributed by atoms with Gasteiger partial charge in [-0.1, -0.05) is 188 Å². The molecule has 0 aromatic heterocycles. The Balaban J connectivity index is 0.831. The summed E-state index contributed by atoms with van der Waals surface area (Å²) >= 11 is 3.13. The van der Waals surface area contributed by atoms with Crippen LogP contribution in [0.1, 0.15) is 63.7 Å². The van der Waals surface area contributed by atoms with Crippen LogP contribution in [-0.4, -0.2) is 70.3 Å². The van der Waals surface area contributed by atoms with Crippen molar-refractivity contribution >= 4 is 133 Å². The summed E-state index contributed by atoms with van der Waals surface area (Å²) in [6.07, 6.45) is 0.0673. The van der Waals surface area contributed by atoms with Crippen molar-refractivity contribution in [3.05, 3.63) is 180 Å². The Labute approximate surface area is 429 Å². The van der Waals surface area contributed by atoms with Crippen LogP contribution in [0.4, 0.5) is 0 Å². The Morgan fingerprint density at radius 1 is 0.361 bits per heavy atom. The fourth-order valence-corrected chi connectivity index (χ4v) is 11.4. The molecule has 0 bridgehead atoms. The van der Waals surface area contributed by atoms with Crippen molar-refractivity contribution in [3.8, 4) is 0 Å². The molecule has 0 saturated carbocycles. The van der Waals surface area contributed by atoms with Gasteiger partial charge in [0.1, 0.15) is 19.8 Å². The second kappa shape index (κ2) is 23.0. The van der Waals surface area contributed by atoms with E-state index in [4.69, 9.17) is 14.2 Å². The third kappa shape index (κ3) is 11.4. The first-order valence-electron chi connectivity index (χ1n) is 23.8. The van der Waals surface area contributed by atoms with Crippen LogP contribution in [-0.2, 0) is 28.6 Å². The highest BCUT2D eigenvalue weighted by atomic mass is 32.2. The van der Waals surface area contributed by atoms with Gasteiger partial charge in [0.2, 0.25) is 15.3 Å². The molecule has 9 rings (SSSR count). The number of thioether (sulfide) groups is 3. The number of fused-ring (bicyclic) bond motifs is 6. The van der Waals surface area contributed by atoms with E-state index in [1.54, 1.807) is 0 Å². The van der Waals surface area contributed by atoms with E-state index in [1.807, 2.05) is 153 Å². The lowest BCUT2D eigenvalue weighted by molar-refractivity contribution is -0.161. The quantitative estimate of drug-likeness (QED) is 0.0434. The highest BCUT2D eigenvalue weighted by Gasteiger charge is 2.34. The minimum atomic E-state index is -1.12. The molecule has 9 aromatic rings. The van der Waals surface area contributed by atoms with E-state index in [0.29, 0.717) is 23.1 Å². The van der Waals surface area contributed by atoms with Crippen molar-refractivity contribution in [3.63, 3.8) is 0 Å². The molecule has 0 aliphatic carbocycles. The van der Waals surface area contributed by atoms with Gasteiger partial charge in [0, 0.05) is 33.9 Å². The molecule has 0 fully saturated rings. The van der Waals surface area contributed by atoms with Crippen LogP contribution in [0.2, 0.25) is 0 Å². The van der Waals surface area contributed by atoms with Crippen molar-refractivity contribution in [2.45, 2.75) is 32.6 Å². The maximum atomic E-state index is 13.8. The predicted molar refractivity (Wildman–Crippen MR) is 294 cm³/mol. The highest BCUT2D eigenvalue weighted by Crippen LogP contribution is 2.35. The molecule has 0 aliphatic rings. The van der Waals surface area contributed by atoms with Gasteiger partial charge in [-0.15, -0.1) is 0 Å². The zero-order valence-corrected chi connectivity index (χ0v) is 42.0. The van der Waals surface area contributed by atoms with E-state index in [9.17, 15) is 28.8 Å². The van der Waals surface area contributed by atoms with Crippen molar-refractivity contribution in [2.24, 2.45) is 5.41 Å². The first-order chi connectivity index (χ1) is 35.1. The number of carbonyl (C=O) groups excluding carboxylic acids is 6. The van der Waals surface area contributed by atoms with Crippen LogP contribution in [0.25, 0.3) is 64.6 Å².